The summed E-state index contributed by atoms with van der Waals surface area (Å²) in [5.74, 6) is 0.369. The van der Waals surface area contributed by atoms with E-state index in [0.717, 1.165) is 22.2 Å². The molecule has 3 rings (SSSR count). The van der Waals surface area contributed by atoms with Gasteiger partial charge >= 0.3 is 13.1 Å². The highest BCUT2D eigenvalue weighted by atomic mass is 16.7. The fourth-order valence-electron chi connectivity index (χ4n) is 3.29. The molecule has 1 fully saturated rings. The molecular formula is C22H27BO5. The van der Waals surface area contributed by atoms with Gasteiger partial charge in [0, 0.05) is 5.46 Å². The Hall–Kier alpha value is -2.31. The fraction of sp³-hybridized carbons (Fsp3) is 0.409. The maximum atomic E-state index is 11.8. The van der Waals surface area contributed by atoms with Crippen LogP contribution >= 0.6 is 0 Å². The summed E-state index contributed by atoms with van der Waals surface area (Å²) < 4.78 is 22.8. The Kier molecular flexibility index (Phi) is 5.30. The number of carbonyl (C=O) groups is 1. The molecule has 0 bridgehead atoms. The summed E-state index contributed by atoms with van der Waals surface area (Å²) >= 11 is 0. The van der Waals surface area contributed by atoms with Crippen LogP contribution in [0.4, 0.5) is 0 Å². The first-order valence-electron chi connectivity index (χ1n) is 9.32. The molecule has 0 aromatic heterocycles. The third-order valence-corrected chi connectivity index (χ3v) is 5.70. The summed E-state index contributed by atoms with van der Waals surface area (Å²) in [4.78, 5) is 11.8. The molecule has 5 nitrogen and oxygen atoms in total. The molecule has 1 aliphatic rings. The van der Waals surface area contributed by atoms with Crippen LogP contribution in [0.3, 0.4) is 0 Å². The number of hydrogen-bond acceptors (Lipinski definition) is 5. The Morgan fingerprint density at radius 1 is 0.964 bits per heavy atom. The van der Waals surface area contributed by atoms with Gasteiger partial charge in [0.2, 0.25) is 0 Å². The van der Waals surface area contributed by atoms with E-state index in [1.54, 1.807) is 13.2 Å². The normalized spacial score (nSPS) is 17.5. The number of ether oxygens (including phenoxy) is 2. The van der Waals surface area contributed by atoms with Crippen molar-refractivity contribution in [3.05, 3.63) is 47.5 Å². The monoisotopic (exact) mass is 382 g/mol. The lowest BCUT2D eigenvalue weighted by Gasteiger charge is -2.32. The van der Waals surface area contributed by atoms with E-state index in [4.69, 9.17) is 18.8 Å². The third kappa shape index (κ3) is 3.54. The first-order valence-corrected chi connectivity index (χ1v) is 9.32. The molecule has 0 unspecified atom stereocenters. The SMILES string of the molecule is COC(=O)c1ccc(-c2ccc(OC)c(B3OC(C)(C)C(C)(C)O3)c2)c(C)c1. The maximum absolute atomic E-state index is 11.8. The number of rotatable bonds is 4. The lowest BCUT2D eigenvalue weighted by atomic mass is 9.77. The molecule has 6 heteroatoms. The Labute approximate surface area is 167 Å². The lowest BCUT2D eigenvalue weighted by Crippen LogP contribution is -2.41. The molecule has 0 spiro atoms. The van der Waals surface area contributed by atoms with Gasteiger partial charge in [-0.15, -0.1) is 0 Å². The zero-order valence-corrected chi connectivity index (χ0v) is 17.6. The molecule has 1 heterocycles. The van der Waals surface area contributed by atoms with Crippen molar-refractivity contribution < 1.29 is 23.6 Å². The highest BCUT2D eigenvalue weighted by Crippen LogP contribution is 2.37. The predicted octanol–water partition coefficient (Wildman–Crippen LogP) is 3.76. The summed E-state index contributed by atoms with van der Waals surface area (Å²) in [5, 5.41) is 0. The van der Waals surface area contributed by atoms with Crippen LogP contribution in [0.25, 0.3) is 11.1 Å². The third-order valence-electron chi connectivity index (χ3n) is 5.70. The highest BCUT2D eigenvalue weighted by molar-refractivity contribution is 6.63. The molecular weight excluding hydrogens is 355 g/mol. The van der Waals surface area contributed by atoms with E-state index in [1.807, 2.05) is 65.0 Å². The maximum Gasteiger partial charge on any atom is 0.498 e. The van der Waals surface area contributed by atoms with E-state index >= 15 is 0 Å². The van der Waals surface area contributed by atoms with Crippen LogP contribution in [-0.2, 0) is 14.0 Å². The first-order chi connectivity index (χ1) is 13.1. The van der Waals surface area contributed by atoms with Gasteiger partial charge in [0.05, 0.1) is 31.0 Å². The molecule has 28 heavy (non-hydrogen) atoms. The van der Waals surface area contributed by atoms with Gasteiger partial charge in [-0.2, -0.15) is 0 Å². The van der Waals surface area contributed by atoms with Crippen molar-refractivity contribution in [2.45, 2.75) is 45.8 Å². The topological polar surface area (TPSA) is 54.0 Å². The van der Waals surface area contributed by atoms with Gasteiger partial charge < -0.3 is 18.8 Å². The summed E-state index contributed by atoms with van der Waals surface area (Å²) in [6.07, 6.45) is 0. The highest BCUT2D eigenvalue weighted by Gasteiger charge is 2.52. The molecule has 0 radical (unpaired) electrons. The largest absolute Gasteiger partial charge is 0.498 e. The van der Waals surface area contributed by atoms with E-state index < -0.39 is 18.3 Å². The minimum Gasteiger partial charge on any atom is -0.497 e. The number of methoxy groups -OCH3 is 2. The van der Waals surface area contributed by atoms with E-state index in [0.29, 0.717) is 11.3 Å². The van der Waals surface area contributed by atoms with Gasteiger partial charge in [-0.1, -0.05) is 18.2 Å². The van der Waals surface area contributed by atoms with Gasteiger partial charge in [0.15, 0.2) is 0 Å². The van der Waals surface area contributed by atoms with Crippen molar-refractivity contribution in [2.75, 3.05) is 14.2 Å². The number of esters is 1. The molecule has 1 aliphatic heterocycles. The number of hydrogen-bond donors (Lipinski definition) is 0. The smallest absolute Gasteiger partial charge is 0.497 e. The number of carbonyl (C=O) groups excluding carboxylic acids is 1. The molecule has 2 aromatic rings. The van der Waals surface area contributed by atoms with E-state index in [-0.39, 0.29) is 5.97 Å². The van der Waals surface area contributed by atoms with Crippen molar-refractivity contribution in [1.82, 2.24) is 0 Å². The van der Waals surface area contributed by atoms with Crippen molar-refractivity contribution in [1.29, 1.82) is 0 Å². The zero-order valence-electron chi connectivity index (χ0n) is 17.6. The Morgan fingerprint density at radius 2 is 1.61 bits per heavy atom. The molecule has 0 amide bonds. The van der Waals surface area contributed by atoms with Crippen molar-refractivity contribution in [3.8, 4) is 16.9 Å². The van der Waals surface area contributed by atoms with Gasteiger partial charge in [0.25, 0.3) is 0 Å². The Bertz CT molecular complexity index is 888. The van der Waals surface area contributed by atoms with E-state index in [1.165, 1.54) is 7.11 Å². The van der Waals surface area contributed by atoms with Crippen molar-refractivity contribution in [2.24, 2.45) is 0 Å². The summed E-state index contributed by atoms with van der Waals surface area (Å²) in [6, 6.07) is 11.5. The molecule has 148 valence electrons. The number of aryl methyl sites for hydroxylation is 1. The van der Waals surface area contributed by atoms with E-state index in [9.17, 15) is 4.79 Å². The first kappa shape index (κ1) is 20.4. The zero-order chi connectivity index (χ0) is 20.7. The van der Waals surface area contributed by atoms with Gasteiger partial charge in [-0.05, 0) is 69.5 Å². The minimum atomic E-state index is -0.519. The summed E-state index contributed by atoms with van der Waals surface area (Å²) in [6.45, 7) is 10.1. The second-order valence-electron chi connectivity index (χ2n) is 8.07. The van der Waals surface area contributed by atoms with E-state index in [2.05, 4.69) is 0 Å². The second kappa shape index (κ2) is 7.26. The van der Waals surface area contributed by atoms with Crippen LogP contribution < -0.4 is 10.2 Å². The van der Waals surface area contributed by atoms with Crippen LogP contribution in [0, 0.1) is 6.92 Å². The van der Waals surface area contributed by atoms with Crippen molar-refractivity contribution in [3.63, 3.8) is 0 Å². The standard InChI is InChI=1S/C22H27BO5/c1-14-12-16(20(24)26-7)8-10-17(14)15-9-11-19(25-6)18(13-15)23-27-21(2,3)22(4,5)28-23/h8-13H,1-7H3. The van der Waals surface area contributed by atoms with Gasteiger partial charge in [-0.3, -0.25) is 0 Å². The summed E-state index contributed by atoms with van der Waals surface area (Å²) in [7, 11) is 2.50. The second-order valence-corrected chi connectivity index (χ2v) is 8.07. The summed E-state index contributed by atoms with van der Waals surface area (Å²) in [5.41, 5.74) is 3.51. The number of benzene rings is 2. The van der Waals surface area contributed by atoms with Crippen LogP contribution in [-0.4, -0.2) is 38.5 Å². The van der Waals surface area contributed by atoms with Gasteiger partial charge in [-0.25, -0.2) is 4.79 Å². The average molecular weight is 382 g/mol. The van der Waals surface area contributed by atoms with Crippen molar-refractivity contribution >= 4 is 18.6 Å². The average Bonchev–Trinajstić information content (AvgIpc) is 2.87. The van der Waals surface area contributed by atoms with Crippen LogP contribution in [0.15, 0.2) is 36.4 Å². The molecule has 2 aromatic carbocycles. The predicted molar refractivity (Wildman–Crippen MR) is 110 cm³/mol. The van der Waals surface area contributed by atoms with Gasteiger partial charge in [0.1, 0.15) is 5.75 Å². The Morgan fingerprint density at radius 3 is 2.14 bits per heavy atom. The molecule has 1 saturated heterocycles. The fourth-order valence-corrected chi connectivity index (χ4v) is 3.29. The quantitative estimate of drug-likeness (QED) is 0.596. The minimum absolute atomic E-state index is 0.345. The molecule has 0 N–H and O–H groups in total. The van der Waals surface area contributed by atoms with Crippen LogP contribution in [0.1, 0.15) is 43.6 Å². The molecule has 0 saturated carbocycles. The Balaban J connectivity index is 2.02. The molecule has 0 atom stereocenters. The molecule has 0 aliphatic carbocycles. The van der Waals surface area contributed by atoms with Crippen LogP contribution in [0.2, 0.25) is 0 Å². The lowest BCUT2D eigenvalue weighted by molar-refractivity contribution is 0.00578. The van der Waals surface area contributed by atoms with Crippen LogP contribution in [0.5, 0.6) is 5.75 Å².